The van der Waals surface area contributed by atoms with Crippen molar-refractivity contribution < 1.29 is 13.2 Å². The van der Waals surface area contributed by atoms with Crippen LogP contribution in [0.1, 0.15) is 0 Å². The van der Waals surface area contributed by atoms with E-state index < -0.39 is 9.84 Å². The van der Waals surface area contributed by atoms with Crippen molar-refractivity contribution in [1.29, 1.82) is 0 Å². The molecule has 0 unspecified atom stereocenters. The van der Waals surface area contributed by atoms with Crippen molar-refractivity contribution in [3.8, 4) is 5.75 Å². The first-order chi connectivity index (χ1) is 8.98. The Balaban J connectivity index is 2.73. The van der Waals surface area contributed by atoms with Crippen molar-refractivity contribution in [1.82, 2.24) is 0 Å². The summed E-state index contributed by atoms with van der Waals surface area (Å²) in [7, 11) is -2.41. The van der Waals surface area contributed by atoms with Crippen molar-refractivity contribution >= 4 is 21.2 Å². The number of anilines is 2. The van der Waals surface area contributed by atoms with Crippen molar-refractivity contribution in [3.05, 3.63) is 42.5 Å². The SMILES string of the molecule is COc1ccccc1S(=O)(=O)c1c(N)cccc1N. The van der Waals surface area contributed by atoms with Gasteiger partial charge in [-0.3, -0.25) is 0 Å². The Morgan fingerprint density at radius 3 is 2.11 bits per heavy atom. The van der Waals surface area contributed by atoms with E-state index in [9.17, 15) is 8.42 Å². The Bertz CT molecular complexity index is 691. The maximum atomic E-state index is 12.6. The lowest BCUT2D eigenvalue weighted by atomic mass is 10.3. The lowest BCUT2D eigenvalue weighted by molar-refractivity contribution is 0.403. The molecular formula is C13H14N2O3S. The smallest absolute Gasteiger partial charge is 0.214 e. The molecule has 0 bridgehead atoms. The van der Waals surface area contributed by atoms with Gasteiger partial charge in [0, 0.05) is 0 Å². The van der Waals surface area contributed by atoms with E-state index in [0.29, 0.717) is 0 Å². The van der Waals surface area contributed by atoms with Gasteiger partial charge in [0.2, 0.25) is 9.84 Å². The second-order valence-electron chi connectivity index (χ2n) is 3.92. The van der Waals surface area contributed by atoms with Crippen LogP contribution in [0.4, 0.5) is 11.4 Å². The van der Waals surface area contributed by atoms with Crippen molar-refractivity contribution in [2.24, 2.45) is 0 Å². The van der Waals surface area contributed by atoms with Gasteiger partial charge in [0.05, 0.1) is 18.5 Å². The molecule has 0 radical (unpaired) electrons. The molecule has 5 nitrogen and oxygen atoms in total. The van der Waals surface area contributed by atoms with Gasteiger partial charge in [-0.15, -0.1) is 0 Å². The number of ether oxygens (including phenoxy) is 1. The van der Waals surface area contributed by atoms with Crippen LogP contribution in [0.5, 0.6) is 5.75 Å². The van der Waals surface area contributed by atoms with Crippen molar-refractivity contribution in [2.75, 3.05) is 18.6 Å². The molecule has 2 rings (SSSR count). The van der Waals surface area contributed by atoms with Gasteiger partial charge in [-0.2, -0.15) is 0 Å². The zero-order chi connectivity index (χ0) is 14.0. The Labute approximate surface area is 111 Å². The summed E-state index contributed by atoms with van der Waals surface area (Å²) in [6.07, 6.45) is 0. The molecule has 0 amide bonds. The van der Waals surface area contributed by atoms with E-state index in [0.717, 1.165) is 0 Å². The van der Waals surface area contributed by atoms with E-state index in [1.165, 1.54) is 25.3 Å². The Morgan fingerprint density at radius 1 is 0.947 bits per heavy atom. The first-order valence-electron chi connectivity index (χ1n) is 5.50. The standard InChI is InChI=1S/C13H14N2O3S/c1-18-11-7-2-3-8-12(11)19(16,17)13-9(14)5-4-6-10(13)15/h2-8H,14-15H2,1H3. The number of hydrogen-bond donors (Lipinski definition) is 2. The third kappa shape index (κ3) is 2.22. The zero-order valence-corrected chi connectivity index (χ0v) is 11.1. The Morgan fingerprint density at radius 2 is 1.53 bits per heavy atom. The van der Waals surface area contributed by atoms with E-state index in [4.69, 9.17) is 16.2 Å². The molecule has 0 spiro atoms. The number of sulfone groups is 1. The summed E-state index contributed by atoms with van der Waals surface area (Å²) < 4.78 is 30.3. The molecule has 19 heavy (non-hydrogen) atoms. The van der Waals surface area contributed by atoms with Gasteiger partial charge in [0.25, 0.3) is 0 Å². The van der Waals surface area contributed by atoms with Gasteiger partial charge in [-0.1, -0.05) is 18.2 Å². The van der Waals surface area contributed by atoms with Crippen LogP contribution in [0.25, 0.3) is 0 Å². The van der Waals surface area contributed by atoms with Gasteiger partial charge in [0.15, 0.2) is 0 Å². The molecule has 0 aliphatic carbocycles. The predicted molar refractivity (Wildman–Crippen MR) is 73.7 cm³/mol. The highest BCUT2D eigenvalue weighted by Crippen LogP contribution is 2.34. The quantitative estimate of drug-likeness (QED) is 0.833. The molecule has 0 saturated carbocycles. The van der Waals surface area contributed by atoms with Crippen LogP contribution >= 0.6 is 0 Å². The van der Waals surface area contributed by atoms with E-state index in [1.54, 1.807) is 24.3 Å². The predicted octanol–water partition coefficient (Wildman–Crippen LogP) is 1.69. The Hall–Kier alpha value is -2.21. The molecule has 2 aromatic carbocycles. The van der Waals surface area contributed by atoms with Crippen molar-refractivity contribution in [3.63, 3.8) is 0 Å². The molecule has 0 aromatic heterocycles. The molecule has 4 N–H and O–H groups in total. The van der Waals surface area contributed by atoms with Gasteiger partial charge < -0.3 is 16.2 Å². The fourth-order valence-electron chi connectivity index (χ4n) is 1.83. The van der Waals surface area contributed by atoms with Crippen LogP contribution in [0.2, 0.25) is 0 Å². The molecular weight excluding hydrogens is 264 g/mol. The van der Waals surface area contributed by atoms with Crippen LogP contribution in [0, 0.1) is 0 Å². The lowest BCUT2D eigenvalue weighted by Crippen LogP contribution is -2.10. The molecule has 0 aliphatic rings. The molecule has 0 fully saturated rings. The highest BCUT2D eigenvalue weighted by molar-refractivity contribution is 7.92. The van der Waals surface area contributed by atoms with E-state index >= 15 is 0 Å². The molecule has 0 aliphatic heterocycles. The van der Waals surface area contributed by atoms with Crippen LogP contribution in [-0.2, 0) is 9.84 Å². The fraction of sp³-hybridized carbons (Fsp3) is 0.0769. The lowest BCUT2D eigenvalue weighted by Gasteiger charge is -2.12. The minimum absolute atomic E-state index is 0.0436. The third-order valence-electron chi connectivity index (χ3n) is 2.70. The molecule has 100 valence electrons. The topological polar surface area (TPSA) is 95.4 Å². The average molecular weight is 278 g/mol. The minimum Gasteiger partial charge on any atom is -0.495 e. The minimum atomic E-state index is -3.82. The highest BCUT2D eigenvalue weighted by Gasteiger charge is 2.26. The number of rotatable bonds is 3. The number of nitrogen functional groups attached to an aromatic ring is 2. The first-order valence-corrected chi connectivity index (χ1v) is 6.99. The van der Waals surface area contributed by atoms with Crippen LogP contribution < -0.4 is 16.2 Å². The average Bonchev–Trinajstić information content (AvgIpc) is 2.38. The number of methoxy groups -OCH3 is 1. The summed E-state index contributed by atoms with van der Waals surface area (Å²) in [6.45, 7) is 0. The molecule has 0 atom stereocenters. The molecule has 0 saturated heterocycles. The third-order valence-corrected chi connectivity index (χ3v) is 4.63. The first kappa shape index (κ1) is 13.2. The highest BCUT2D eigenvalue weighted by atomic mass is 32.2. The number of hydrogen-bond acceptors (Lipinski definition) is 5. The summed E-state index contributed by atoms with van der Waals surface area (Å²) in [5.41, 5.74) is 11.7. The molecule has 0 heterocycles. The van der Waals surface area contributed by atoms with Gasteiger partial charge in [-0.25, -0.2) is 8.42 Å². The normalized spacial score (nSPS) is 11.2. The molecule has 6 heteroatoms. The maximum absolute atomic E-state index is 12.6. The van der Waals surface area contributed by atoms with E-state index in [-0.39, 0.29) is 26.9 Å². The number of nitrogens with two attached hydrogens (primary N) is 2. The van der Waals surface area contributed by atoms with E-state index in [1.807, 2.05) is 0 Å². The largest absolute Gasteiger partial charge is 0.495 e. The van der Waals surface area contributed by atoms with Crippen LogP contribution in [0.3, 0.4) is 0 Å². The van der Waals surface area contributed by atoms with Crippen LogP contribution in [0.15, 0.2) is 52.3 Å². The summed E-state index contributed by atoms with van der Waals surface area (Å²) in [5, 5.41) is 0. The van der Waals surface area contributed by atoms with Gasteiger partial charge >= 0.3 is 0 Å². The summed E-state index contributed by atoms with van der Waals surface area (Å²) >= 11 is 0. The maximum Gasteiger partial charge on any atom is 0.214 e. The second kappa shape index (κ2) is 4.81. The summed E-state index contributed by atoms with van der Waals surface area (Å²) in [5.74, 6) is 0.255. The van der Waals surface area contributed by atoms with Crippen LogP contribution in [-0.4, -0.2) is 15.5 Å². The zero-order valence-electron chi connectivity index (χ0n) is 10.3. The number of benzene rings is 2. The van der Waals surface area contributed by atoms with Gasteiger partial charge in [-0.05, 0) is 24.3 Å². The van der Waals surface area contributed by atoms with Gasteiger partial charge in [0.1, 0.15) is 15.5 Å². The Kier molecular flexibility index (Phi) is 3.35. The van der Waals surface area contributed by atoms with Crippen molar-refractivity contribution in [2.45, 2.75) is 9.79 Å². The fourth-order valence-corrected chi connectivity index (χ4v) is 3.49. The summed E-state index contributed by atoms with van der Waals surface area (Å²) in [4.78, 5) is -0.0402. The summed E-state index contributed by atoms with van der Waals surface area (Å²) in [6, 6.07) is 10.9. The van der Waals surface area contributed by atoms with E-state index in [2.05, 4.69) is 0 Å². The molecule has 2 aromatic rings. The second-order valence-corrected chi connectivity index (χ2v) is 5.77. The number of para-hydroxylation sites is 1. The monoisotopic (exact) mass is 278 g/mol.